The van der Waals surface area contributed by atoms with E-state index in [1.807, 2.05) is 6.92 Å². The summed E-state index contributed by atoms with van der Waals surface area (Å²) in [4.78, 5) is 12.8. The van der Waals surface area contributed by atoms with Gasteiger partial charge in [0.1, 0.15) is 0 Å². The van der Waals surface area contributed by atoms with Gasteiger partial charge in [-0.2, -0.15) is 12.6 Å². The number of nitrogens with zero attached hydrogens (tertiary/aromatic N) is 1. The second-order valence-electron chi connectivity index (χ2n) is 3.04. The summed E-state index contributed by atoms with van der Waals surface area (Å²) in [5.74, 6) is 0.746. The average Bonchev–Trinajstić information content (AvgIpc) is 2.21. The molecule has 0 fully saturated rings. The van der Waals surface area contributed by atoms with Gasteiger partial charge in [0.15, 0.2) is 0 Å². The third-order valence-electron chi connectivity index (χ3n) is 1.90. The Hall–Kier alpha value is -0.260. The SMILES string of the molecule is CCOCCOCCN(CCS)C(C)=O. The standard InChI is InChI=1S/C10H21NO3S/c1-3-13-7-8-14-6-4-11(5-9-15)10(2)12/h15H,3-9H2,1-2H3. The highest BCUT2D eigenvalue weighted by molar-refractivity contribution is 7.80. The summed E-state index contributed by atoms with van der Waals surface area (Å²) < 4.78 is 10.4. The van der Waals surface area contributed by atoms with Crippen molar-refractivity contribution in [1.82, 2.24) is 4.90 Å². The zero-order chi connectivity index (χ0) is 11.5. The Morgan fingerprint density at radius 2 is 1.87 bits per heavy atom. The summed E-state index contributed by atoms with van der Waals surface area (Å²) in [6, 6.07) is 0. The molecule has 0 N–H and O–H groups in total. The third kappa shape index (κ3) is 8.72. The lowest BCUT2D eigenvalue weighted by molar-refractivity contribution is -0.129. The van der Waals surface area contributed by atoms with Crippen molar-refractivity contribution < 1.29 is 14.3 Å². The summed E-state index contributed by atoms with van der Waals surface area (Å²) in [7, 11) is 0. The Morgan fingerprint density at radius 3 is 2.40 bits per heavy atom. The minimum absolute atomic E-state index is 0.0671. The molecule has 4 nitrogen and oxygen atoms in total. The summed E-state index contributed by atoms with van der Waals surface area (Å²) in [6.45, 7) is 7.27. The summed E-state index contributed by atoms with van der Waals surface area (Å²) >= 11 is 4.09. The van der Waals surface area contributed by atoms with Crippen LogP contribution < -0.4 is 0 Å². The Kier molecular flexibility index (Phi) is 10.1. The van der Waals surface area contributed by atoms with E-state index in [0.717, 1.165) is 0 Å². The predicted octanol–water partition coefficient (Wildman–Crippen LogP) is 0.818. The molecule has 0 aliphatic carbocycles. The number of amides is 1. The molecule has 0 unspecified atom stereocenters. The van der Waals surface area contributed by atoms with Crippen LogP contribution in [0.25, 0.3) is 0 Å². The normalized spacial score (nSPS) is 10.3. The lowest BCUT2D eigenvalue weighted by Gasteiger charge is -2.19. The van der Waals surface area contributed by atoms with Gasteiger partial charge >= 0.3 is 0 Å². The number of hydrogen-bond acceptors (Lipinski definition) is 4. The van der Waals surface area contributed by atoms with Crippen molar-refractivity contribution in [2.24, 2.45) is 0 Å². The molecular formula is C10H21NO3S. The quantitative estimate of drug-likeness (QED) is 0.475. The second kappa shape index (κ2) is 10.3. The van der Waals surface area contributed by atoms with E-state index < -0.39 is 0 Å². The molecule has 0 rings (SSSR count). The van der Waals surface area contributed by atoms with E-state index in [1.165, 1.54) is 0 Å². The van der Waals surface area contributed by atoms with Gasteiger partial charge in [-0.25, -0.2) is 0 Å². The van der Waals surface area contributed by atoms with Crippen LogP contribution >= 0.6 is 12.6 Å². The van der Waals surface area contributed by atoms with Crippen molar-refractivity contribution in [2.45, 2.75) is 13.8 Å². The molecule has 0 aliphatic rings. The first-order valence-electron chi connectivity index (χ1n) is 5.24. The monoisotopic (exact) mass is 235 g/mol. The molecule has 0 saturated heterocycles. The molecule has 0 heterocycles. The fourth-order valence-corrected chi connectivity index (χ4v) is 1.33. The van der Waals surface area contributed by atoms with Crippen LogP contribution in [0.5, 0.6) is 0 Å². The number of carbonyl (C=O) groups is 1. The van der Waals surface area contributed by atoms with Gasteiger partial charge in [-0.15, -0.1) is 0 Å². The minimum atomic E-state index is 0.0671. The predicted molar refractivity (Wildman–Crippen MR) is 63.4 cm³/mol. The Labute approximate surface area is 97.3 Å². The molecule has 0 atom stereocenters. The van der Waals surface area contributed by atoms with Crippen LogP contribution in [0, 0.1) is 0 Å². The van der Waals surface area contributed by atoms with E-state index in [0.29, 0.717) is 45.3 Å². The Bertz CT molecular complexity index is 167. The maximum atomic E-state index is 11.1. The van der Waals surface area contributed by atoms with Crippen molar-refractivity contribution in [3.8, 4) is 0 Å². The molecule has 0 aromatic carbocycles. The molecule has 0 aromatic rings. The first-order chi connectivity index (χ1) is 7.22. The second-order valence-corrected chi connectivity index (χ2v) is 3.49. The van der Waals surface area contributed by atoms with Crippen molar-refractivity contribution in [3.63, 3.8) is 0 Å². The van der Waals surface area contributed by atoms with Crippen molar-refractivity contribution in [2.75, 3.05) is 45.3 Å². The molecule has 0 saturated carbocycles. The first-order valence-corrected chi connectivity index (χ1v) is 5.87. The van der Waals surface area contributed by atoms with E-state index in [4.69, 9.17) is 9.47 Å². The Morgan fingerprint density at radius 1 is 1.20 bits per heavy atom. The maximum Gasteiger partial charge on any atom is 0.219 e. The van der Waals surface area contributed by atoms with Crippen LogP contribution in [0.15, 0.2) is 0 Å². The van der Waals surface area contributed by atoms with E-state index in [1.54, 1.807) is 11.8 Å². The minimum Gasteiger partial charge on any atom is -0.379 e. The highest BCUT2D eigenvalue weighted by Crippen LogP contribution is 1.91. The number of thiol groups is 1. The zero-order valence-corrected chi connectivity index (χ0v) is 10.5. The van der Waals surface area contributed by atoms with Gasteiger partial charge in [0.25, 0.3) is 0 Å². The highest BCUT2D eigenvalue weighted by Gasteiger charge is 2.06. The first kappa shape index (κ1) is 14.7. The molecule has 0 aromatic heterocycles. The number of rotatable bonds is 9. The molecule has 0 bridgehead atoms. The van der Waals surface area contributed by atoms with Gasteiger partial charge in [0.2, 0.25) is 5.91 Å². The highest BCUT2D eigenvalue weighted by atomic mass is 32.1. The van der Waals surface area contributed by atoms with Crippen molar-refractivity contribution >= 4 is 18.5 Å². The van der Waals surface area contributed by atoms with Crippen LogP contribution in [0.4, 0.5) is 0 Å². The lowest BCUT2D eigenvalue weighted by atomic mass is 10.5. The topological polar surface area (TPSA) is 38.8 Å². The number of carbonyl (C=O) groups excluding carboxylic acids is 1. The molecule has 0 spiro atoms. The van der Waals surface area contributed by atoms with Crippen molar-refractivity contribution in [1.29, 1.82) is 0 Å². The summed E-state index contributed by atoms with van der Waals surface area (Å²) in [5, 5.41) is 0. The summed E-state index contributed by atoms with van der Waals surface area (Å²) in [6.07, 6.45) is 0. The van der Waals surface area contributed by atoms with Crippen molar-refractivity contribution in [3.05, 3.63) is 0 Å². The van der Waals surface area contributed by atoms with E-state index in [2.05, 4.69) is 12.6 Å². The molecule has 15 heavy (non-hydrogen) atoms. The maximum absolute atomic E-state index is 11.1. The largest absolute Gasteiger partial charge is 0.379 e. The van der Waals surface area contributed by atoms with Crippen LogP contribution in [-0.2, 0) is 14.3 Å². The van der Waals surface area contributed by atoms with Gasteiger partial charge in [-0.05, 0) is 6.92 Å². The van der Waals surface area contributed by atoms with E-state index >= 15 is 0 Å². The number of ether oxygens (including phenoxy) is 2. The van der Waals surface area contributed by atoms with E-state index in [9.17, 15) is 4.79 Å². The average molecular weight is 235 g/mol. The fraction of sp³-hybridized carbons (Fsp3) is 0.900. The molecule has 1 amide bonds. The zero-order valence-electron chi connectivity index (χ0n) is 9.57. The third-order valence-corrected chi connectivity index (χ3v) is 2.10. The van der Waals surface area contributed by atoms with Crippen LogP contribution in [0.2, 0.25) is 0 Å². The molecule has 0 radical (unpaired) electrons. The summed E-state index contributed by atoms with van der Waals surface area (Å²) in [5.41, 5.74) is 0. The molecular weight excluding hydrogens is 214 g/mol. The molecule has 0 aliphatic heterocycles. The van der Waals surface area contributed by atoms with Crippen LogP contribution in [0.1, 0.15) is 13.8 Å². The van der Waals surface area contributed by atoms with E-state index in [-0.39, 0.29) is 5.91 Å². The molecule has 5 heteroatoms. The van der Waals surface area contributed by atoms with Gasteiger partial charge in [0.05, 0.1) is 19.8 Å². The number of hydrogen-bond donors (Lipinski definition) is 1. The van der Waals surface area contributed by atoms with Crippen LogP contribution in [-0.4, -0.2) is 56.1 Å². The van der Waals surface area contributed by atoms with Gasteiger partial charge in [-0.3, -0.25) is 4.79 Å². The fourth-order valence-electron chi connectivity index (χ4n) is 1.09. The molecule has 90 valence electrons. The van der Waals surface area contributed by atoms with Gasteiger partial charge in [0, 0.05) is 32.4 Å². The lowest BCUT2D eigenvalue weighted by Crippen LogP contribution is -2.33. The Balaban J connectivity index is 3.41. The van der Waals surface area contributed by atoms with Crippen LogP contribution in [0.3, 0.4) is 0 Å². The van der Waals surface area contributed by atoms with Gasteiger partial charge in [-0.1, -0.05) is 0 Å². The smallest absolute Gasteiger partial charge is 0.219 e. The van der Waals surface area contributed by atoms with Gasteiger partial charge < -0.3 is 14.4 Å².